The molecule has 3 rings (SSSR count). The molecular weight excluding hydrogens is 284 g/mol. The van der Waals surface area contributed by atoms with Gasteiger partial charge in [0.25, 0.3) is 0 Å². The molecule has 0 saturated heterocycles. The van der Waals surface area contributed by atoms with Crippen LogP contribution in [0.3, 0.4) is 0 Å². The number of hydrogen-bond acceptors (Lipinski definition) is 3. The molecule has 120 valence electrons. The van der Waals surface area contributed by atoms with Gasteiger partial charge >= 0.3 is 0 Å². The Morgan fingerprint density at radius 1 is 1.00 bits per heavy atom. The topological polar surface area (TPSA) is 33.4 Å². The Kier molecular flexibility index (Phi) is 4.60. The van der Waals surface area contributed by atoms with Crippen molar-refractivity contribution < 1.29 is 0 Å². The molecular formula is C19H24N4. The number of benzene rings is 1. The second kappa shape index (κ2) is 6.82. The van der Waals surface area contributed by atoms with E-state index in [9.17, 15) is 0 Å². The fraction of sp³-hybridized carbons (Fsp3) is 0.368. The van der Waals surface area contributed by atoms with Gasteiger partial charge in [-0.2, -0.15) is 9.61 Å². The van der Waals surface area contributed by atoms with Gasteiger partial charge in [0.05, 0.1) is 11.9 Å². The molecule has 2 aromatic heterocycles. The Hall–Kier alpha value is -2.36. The highest BCUT2D eigenvalue weighted by Crippen LogP contribution is 2.25. The summed E-state index contributed by atoms with van der Waals surface area (Å²) in [6.45, 7) is 8.59. The maximum Gasteiger partial charge on any atom is 0.157 e. The van der Waals surface area contributed by atoms with Gasteiger partial charge in [0.1, 0.15) is 5.82 Å². The average molecular weight is 308 g/mol. The highest BCUT2D eigenvalue weighted by molar-refractivity contribution is 5.67. The zero-order valence-corrected chi connectivity index (χ0v) is 14.2. The maximum atomic E-state index is 4.77. The van der Waals surface area contributed by atoms with Crippen molar-refractivity contribution in [1.82, 2.24) is 14.6 Å². The molecule has 0 atom stereocenters. The smallest absolute Gasteiger partial charge is 0.157 e. The maximum absolute atomic E-state index is 4.77. The lowest BCUT2D eigenvalue weighted by atomic mass is 10.1. The number of hydrogen-bond donors (Lipinski definition) is 0. The number of aromatic nitrogens is 3. The quantitative estimate of drug-likeness (QED) is 0.679. The van der Waals surface area contributed by atoms with E-state index in [1.807, 2.05) is 16.8 Å². The fourth-order valence-corrected chi connectivity index (χ4v) is 2.87. The molecule has 4 heteroatoms. The predicted octanol–water partition coefficient (Wildman–Crippen LogP) is 4.33. The van der Waals surface area contributed by atoms with Crippen molar-refractivity contribution in [3.63, 3.8) is 0 Å². The molecule has 0 unspecified atom stereocenters. The van der Waals surface area contributed by atoms with Gasteiger partial charge in [-0.1, -0.05) is 43.7 Å². The van der Waals surface area contributed by atoms with Crippen molar-refractivity contribution in [3.05, 3.63) is 48.2 Å². The van der Waals surface area contributed by atoms with Crippen molar-refractivity contribution >= 4 is 11.5 Å². The van der Waals surface area contributed by atoms with Crippen LogP contribution >= 0.6 is 0 Å². The van der Waals surface area contributed by atoms with Gasteiger partial charge in [0.15, 0.2) is 5.65 Å². The Morgan fingerprint density at radius 2 is 1.70 bits per heavy atom. The molecule has 0 aliphatic carbocycles. The van der Waals surface area contributed by atoms with E-state index < -0.39 is 0 Å². The molecule has 0 amide bonds. The van der Waals surface area contributed by atoms with Crippen molar-refractivity contribution in [2.45, 2.75) is 33.6 Å². The van der Waals surface area contributed by atoms with Crippen LogP contribution in [0.5, 0.6) is 0 Å². The van der Waals surface area contributed by atoms with Crippen LogP contribution in [0.1, 0.15) is 32.3 Å². The van der Waals surface area contributed by atoms with E-state index in [1.54, 1.807) is 0 Å². The zero-order chi connectivity index (χ0) is 16.2. The molecule has 4 nitrogen and oxygen atoms in total. The molecule has 0 bridgehead atoms. The normalized spacial score (nSPS) is 11.1. The molecule has 2 heterocycles. The average Bonchev–Trinajstić information content (AvgIpc) is 3.03. The second-order valence-electron chi connectivity index (χ2n) is 5.95. The van der Waals surface area contributed by atoms with E-state index >= 15 is 0 Å². The first-order valence-corrected chi connectivity index (χ1v) is 8.39. The molecule has 23 heavy (non-hydrogen) atoms. The molecule has 0 N–H and O–H groups in total. The fourth-order valence-electron chi connectivity index (χ4n) is 2.87. The lowest BCUT2D eigenvalue weighted by Crippen LogP contribution is -2.27. The van der Waals surface area contributed by atoms with Crippen molar-refractivity contribution in [2.24, 2.45) is 0 Å². The van der Waals surface area contributed by atoms with Gasteiger partial charge < -0.3 is 4.90 Å². The van der Waals surface area contributed by atoms with Gasteiger partial charge in [-0.15, -0.1) is 0 Å². The SMILES string of the molecule is CCCN(CCC)c1cc(-c2ccc(C)cc2)nc2ccnn12. The zero-order valence-electron chi connectivity index (χ0n) is 14.2. The van der Waals surface area contributed by atoms with E-state index in [0.29, 0.717) is 0 Å². The van der Waals surface area contributed by atoms with E-state index in [4.69, 9.17) is 4.98 Å². The Bertz CT molecular complexity index is 768. The highest BCUT2D eigenvalue weighted by Gasteiger charge is 2.13. The van der Waals surface area contributed by atoms with E-state index in [-0.39, 0.29) is 0 Å². The molecule has 3 aromatic rings. The molecule has 1 aromatic carbocycles. The molecule has 0 saturated carbocycles. The molecule has 0 aliphatic rings. The largest absolute Gasteiger partial charge is 0.356 e. The van der Waals surface area contributed by atoms with Gasteiger partial charge in [-0.25, -0.2) is 4.98 Å². The number of anilines is 1. The Morgan fingerprint density at radius 3 is 2.35 bits per heavy atom. The molecule has 0 fully saturated rings. The van der Waals surface area contributed by atoms with E-state index in [1.165, 1.54) is 5.56 Å². The lowest BCUT2D eigenvalue weighted by molar-refractivity contribution is 0.716. The Labute approximate surface area is 137 Å². The minimum absolute atomic E-state index is 0.898. The lowest BCUT2D eigenvalue weighted by Gasteiger charge is -2.24. The molecule has 0 spiro atoms. The summed E-state index contributed by atoms with van der Waals surface area (Å²) in [5.74, 6) is 1.12. The standard InChI is InChI=1S/C19H24N4/c1-4-12-22(13-5-2)19-14-17(16-8-6-15(3)7-9-16)21-18-10-11-20-23(18)19/h6-11,14H,4-5,12-13H2,1-3H3. The number of aryl methyl sites for hydroxylation is 1. The summed E-state index contributed by atoms with van der Waals surface area (Å²) in [5, 5.41) is 4.47. The van der Waals surface area contributed by atoms with Crippen molar-refractivity contribution in [2.75, 3.05) is 18.0 Å². The van der Waals surface area contributed by atoms with E-state index in [2.05, 4.69) is 61.1 Å². The predicted molar refractivity (Wildman–Crippen MR) is 96.0 cm³/mol. The van der Waals surface area contributed by atoms with Gasteiger partial charge in [-0.3, -0.25) is 0 Å². The third-order valence-corrected chi connectivity index (χ3v) is 4.00. The first-order valence-electron chi connectivity index (χ1n) is 8.39. The summed E-state index contributed by atoms with van der Waals surface area (Å²) in [6, 6.07) is 12.7. The van der Waals surface area contributed by atoms with Crippen LogP contribution in [0.25, 0.3) is 16.9 Å². The summed E-state index contributed by atoms with van der Waals surface area (Å²) >= 11 is 0. The summed E-state index contributed by atoms with van der Waals surface area (Å²) in [5.41, 5.74) is 4.31. The van der Waals surface area contributed by atoms with Crippen LogP contribution in [0, 0.1) is 6.92 Å². The molecule has 0 radical (unpaired) electrons. The molecule has 0 aliphatic heterocycles. The van der Waals surface area contributed by atoms with E-state index in [0.717, 1.165) is 48.7 Å². The monoisotopic (exact) mass is 308 g/mol. The van der Waals surface area contributed by atoms with Crippen LogP contribution < -0.4 is 4.90 Å². The van der Waals surface area contributed by atoms with Crippen LogP contribution in [0.2, 0.25) is 0 Å². The van der Waals surface area contributed by atoms with Crippen molar-refractivity contribution in [3.8, 4) is 11.3 Å². The second-order valence-corrected chi connectivity index (χ2v) is 5.95. The Balaban J connectivity index is 2.12. The van der Waals surface area contributed by atoms with Crippen LogP contribution in [-0.4, -0.2) is 27.7 Å². The minimum atomic E-state index is 0.898. The van der Waals surface area contributed by atoms with Crippen molar-refractivity contribution in [1.29, 1.82) is 0 Å². The summed E-state index contributed by atoms with van der Waals surface area (Å²) < 4.78 is 1.95. The third-order valence-electron chi connectivity index (χ3n) is 4.00. The highest BCUT2D eigenvalue weighted by atomic mass is 15.3. The van der Waals surface area contributed by atoms with Crippen LogP contribution in [-0.2, 0) is 0 Å². The van der Waals surface area contributed by atoms with Gasteiger partial charge in [-0.05, 0) is 19.8 Å². The van der Waals surface area contributed by atoms with Gasteiger partial charge in [0, 0.05) is 30.8 Å². The summed E-state index contributed by atoms with van der Waals surface area (Å²) in [4.78, 5) is 7.17. The number of fused-ring (bicyclic) bond motifs is 1. The van der Waals surface area contributed by atoms with Crippen LogP contribution in [0.15, 0.2) is 42.6 Å². The third kappa shape index (κ3) is 3.21. The minimum Gasteiger partial charge on any atom is -0.356 e. The first-order chi connectivity index (χ1) is 11.2. The summed E-state index contributed by atoms with van der Waals surface area (Å²) in [6.07, 6.45) is 4.05. The van der Waals surface area contributed by atoms with Crippen LogP contribution in [0.4, 0.5) is 5.82 Å². The first kappa shape index (κ1) is 15.5. The summed E-state index contributed by atoms with van der Waals surface area (Å²) in [7, 11) is 0. The number of nitrogens with zero attached hydrogens (tertiary/aromatic N) is 4. The van der Waals surface area contributed by atoms with Gasteiger partial charge in [0.2, 0.25) is 0 Å². The number of rotatable bonds is 6.